The number of likely N-dealkylation sites (tertiary alicyclic amines) is 1. The molecule has 1 aliphatic rings. The van der Waals surface area contributed by atoms with E-state index in [2.05, 4.69) is 21.3 Å². The van der Waals surface area contributed by atoms with Gasteiger partial charge >= 0.3 is 6.09 Å². The Morgan fingerprint density at radius 1 is 0.831 bits per heavy atom. The monoisotopic (exact) mass is 916 g/mol. The molecule has 65 heavy (non-hydrogen) atoms. The van der Waals surface area contributed by atoms with E-state index < -0.39 is 60.0 Å². The predicted molar refractivity (Wildman–Crippen MR) is 255 cm³/mol. The molecule has 0 saturated carbocycles. The zero-order valence-corrected chi connectivity index (χ0v) is 42.7. The van der Waals surface area contributed by atoms with Crippen LogP contribution in [0.3, 0.4) is 0 Å². The van der Waals surface area contributed by atoms with Crippen LogP contribution in [0.4, 0.5) is 10.5 Å². The van der Waals surface area contributed by atoms with Crippen molar-refractivity contribution in [2.75, 3.05) is 47.2 Å². The van der Waals surface area contributed by atoms with Crippen LogP contribution in [0.15, 0.2) is 24.3 Å². The summed E-state index contributed by atoms with van der Waals surface area (Å²) in [5.41, 5.74) is 0.721. The van der Waals surface area contributed by atoms with Gasteiger partial charge in [-0.15, -0.1) is 0 Å². The lowest BCUT2D eigenvalue weighted by Gasteiger charge is -2.41. The zero-order chi connectivity index (χ0) is 49.5. The van der Waals surface area contributed by atoms with Crippen molar-refractivity contribution in [3.05, 3.63) is 29.8 Å². The van der Waals surface area contributed by atoms with E-state index >= 15 is 0 Å². The fraction of sp³-hybridized carbons (Fsp3) is 0.755. The standard InChI is InChI=1S/C49H85N7O9/c1-18-32(8)42(55(15)47(61)40(30(4)5)53-46(60)41(31(6)7)54(13)14)38(63-16)27-39(57)56-25-19-20-37(56)43(64-17)33(9)44(58)52-36(26-29(2)3)45(59)50-28-34-21-23-35(24-22-34)51-48(62)65-49(10,11)12/h21-24,29-33,36-38,40-43H,18-20,25-28H2,1-17H3,(H,50,59)(H,51,62)(H,52,58)(H,53,60)/t32-,33+,36-,37-,38+,40-,41-,42-,43+/m0/s1. The van der Waals surface area contributed by atoms with E-state index in [0.717, 1.165) is 5.56 Å². The molecule has 1 fully saturated rings. The second-order valence-electron chi connectivity index (χ2n) is 20.2. The summed E-state index contributed by atoms with van der Waals surface area (Å²) in [5.74, 6) is -2.17. The van der Waals surface area contributed by atoms with Crippen LogP contribution in [-0.2, 0) is 44.7 Å². The first-order chi connectivity index (χ1) is 30.3. The summed E-state index contributed by atoms with van der Waals surface area (Å²) in [6.07, 6.45) is 0.552. The minimum Gasteiger partial charge on any atom is -0.444 e. The lowest BCUT2D eigenvalue weighted by molar-refractivity contribution is -0.148. The summed E-state index contributed by atoms with van der Waals surface area (Å²) in [4.78, 5) is 87.2. The van der Waals surface area contributed by atoms with Crippen molar-refractivity contribution in [2.45, 2.75) is 170 Å². The molecule has 1 saturated heterocycles. The van der Waals surface area contributed by atoms with Crippen LogP contribution in [0.1, 0.15) is 121 Å². The third kappa shape index (κ3) is 17.1. The number of carbonyl (C=O) groups excluding carboxylic acids is 6. The molecule has 1 aliphatic heterocycles. The number of nitrogens with one attached hydrogen (secondary N) is 4. The maximum Gasteiger partial charge on any atom is 0.412 e. The first-order valence-electron chi connectivity index (χ1n) is 23.5. The van der Waals surface area contributed by atoms with Gasteiger partial charge in [0.1, 0.15) is 17.7 Å². The molecule has 16 heteroatoms. The largest absolute Gasteiger partial charge is 0.444 e. The van der Waals surface area contributed by atoms with E-state index in [4.69, 9.17) is 14.2 Å². The van der Waals surface area contributed by atoms with Gasteiger partial charge in [-0.2, -0.15) is 0 Å². The minimum atomic E-state index is -0.815. The molecular formula is C49H85N7O9. The van der Waals surface area contributed by atoms with E-state index in [-0.39, 0.29) is 66.2 Å². The number of anilines is 1. The van der Waals surface area contributed by atoms with Gasteiger partial charge in [0.25, 0.3) is 0 Å². The molecule has 1 aromatic carbocycles. The Morgan fingerprint density at radius 3 is 1.94 bits per heavy atom. The molecule has 0 aromatic heterocycles. The quantitative estimate of drug-likeness (QED) is 0.0984. The lowest BCUT2D eigenvalue weighted by Crippen LogP contribution is -2.59. The van der Waals surface area contributed by atoms with Gasteiger partial charge in [-0.05, 0) is 95.5 Å². The molecule has 0 bridgehead atoms. The van der Waals surface area contributed by atoms with Crippen LogP contribution >= 0.6 is 0 Å². The van der Waals surface area contributed by atoms with E-state index in [1.54, 1.807) is 75.9 Å². The highest BCUT2D eigenvalue weighted by atomic mass is 16.6. The van der Waals surface area contributed by atoms with Crippen molar-refractivity contribution in [1.29, 1.82) is 0 Å². The molecule has 0 spiro atoms. The Kier molecular flexibility index (Phi) is 22.9. The second kappa shape index (κ2) is 26.2. The third-order valence-electron chi connectivity index (χ3n) is 12.4. The smallest absolute Gasteiger partial charge is 0.412 e. The van der Waals surface area contributed by atoms with E-state index in [9.17, 15) is 28.8 Å². The van der Waals surface area contributed by atoms with Crippen molar-refractivity contribution in [1.82, 2.24) is 30.7 Å². The molecule has 2 rings (SSSR count). The molecule has 370 valence electrons. The Bertz CT molecular complexity index is 1690. The Hall–Kier alpha value is -4.28. The summed E-state index contributed by atoms with van der Waals surface area (Å²) < 4.78 is 17.4. The van der Waals surface area contributed by atoms with Crippen molar-refractivity contribution in [3.8, 4) is 0 Å². The molecule has 0 radical (unpaired) electrons. The fourth-order valence-corrected chi connectivity index (χ4v) is 8.86. The Morgan fingerprint density at radius 2 is 1.45 bits per heavy atom. The van der Waals surface area contributed by atoms with Crippen LogP contribution in [0, 0.1) is 29.6 Å². The third-order valence-corrected chi connectivity index (χ3v) is 12.4. The minimum absolute atomic E-state index is 0.00892. The maximum atomic E-state index is 14.4. The number of ether oxygens (including phenoxy) is 3. The van der Waals surface area contributed by atoms with Gasteiger partial charge in [-0.1, -0.05) is 80.9 Å². The Labute approximate surface area is 390 Å². The number of amides is 6. The van der Waals surface area contributed by atoms with Gasteiger partial charge in [-0.25, -0.2) is 4.79 Å². The number of methoxy groups -OCH3 is 2. The molecule has 1 heterocycles. The molecule has 9 atom stereocenters. The summed E-state index contributed by atoms with van der Waals surface area (Å²) in [5, 5.41) is 11.7. The van der Waals surface area contributed by atoms with Crippen LogP contribution in [0.5, 0.6) is 0 Å². The van der Waals surface area contributed by atoms with Crippen molar-refractivity contribution < 1.29 is 43.0 Å². The van der Waals surface area contributed by atoms with Gasteiger partial charge in [0.05, 0.1) is 42.7 Å². The normalized spacial score (nSPS) is 18.0. The summed E-state index contributed by atoms with van der Waals surface area (Å²) in [7, 11) is 8.51. The molecule has 6 amide bonds. The average Bonchev–Trinajstić information content (AvgIpc) is 3.70. The summed E-state index contributed by atoms with van der Waals surface area (Å²) in [6.45, 7) is 23.6. The van der Waals surface area contributed by atoms with Gasteiger partial charge in [0.2, 0.25) is 29.5 Å². The zero-order valence-electron chi connectivity index (χ0n) is 42.7. The first kappa shape index (κ1) is 56.8. The van der Waals surface area contributed by atoms with Gasteiger partial charge in [0.15, 0.2) is 0 Å². The number of hydrogen-bond donors (Lipinski definition) is 4. The maximum absolute atomic E-state index is 14.4. The fourth-order valence-electron chi connectivity index (χ4n) is 8.86. The number of carbonyl (C=O) groups is 6. The average molecular weight is 916 g/mol. The molecule has 16 nitrogen and oxygen atoms in total. The molecule has 0 aliphatic carbocycles. The molecule has 1 aromatic rings. The van der Waals surface area contributed by atoms with E-state index in [0.29, 0.717) is 37.9 Å². The van der Waals surface area contributed by atoms with Gasteiger partial charge < -0.3 is 40.0 Å². The molecule has 0 unspecified atom stereocenters. The number of benzene rings is 1. The predicted octanol–water partition coefficient (Wildman–Crippen LogP) is 5.83. The topological polar surface area (TPSA) is 188 Å². The van der Waals surface area contributed by atoms with E-state index in [1.807, 2.05) is 74.4 Å². The molecular weight excluding hydrogens is 831 g/mol. The second-order valence-corrected chi connectivity index (χ2v) is 20.2. The number of nitrogens with zero attached hydrogens (tertiary/aromatic N) is 3. The number of rotatable bonds is 24. The van der Waals surface area contributed by atoms with Crippen LogP contribution < -0.4 is 21.3 Å². The highest BCUT2D eigenvalue weighted by molar-refractivity contribution is 5.91. The first-order valence-corrected chi connectivity index (χ1v) is 23.5. The van der Waals surface area contributed by atoms with Crippen molar-refractivity contribution >= 4 is 41.3 Å². The van der Waals surface area contributed by atoms with E-state index in [1.165, 1.54) is 7.11 Å². The van der Waals surface area contributed by atoms with Crippen molar-refractivity contribution in [2.24, 2.45) is 29.6 Å². The van der Waals surface area contributed by atoms with Crippen LogP contribution in [-0.4, -0.2) is 140 Å². The molecule has 4 N–H and O–H groups in total. The number of hydrogen-bond acceptors (Lipinski definition) is 10. The van der Waals surface area contributed by atoms with Crippen molar-refractivity contribution in [3.63, 3.8) is 0 Å². The van der Waals surface area contributed by atoms with Gasteiger partial charge in [0, 0.05) is 40.0 Å². The highest BCUT2D eigenvalue weighted by Gasteiger charge is 2.43. The lowest BCUT2D eigenvalue weighted by atomic mass is 9.89. The van der Waals surface area contributed by atoms with Crippen LogP contribution in [0.25, 0.3) is 0 Å². The van der Waals surface area contributed by atoms with Gasteiger partial charge in [-0.3, -0.25) is 34.2 Å². The number of likely N-dealkylation sites (N-methyl/N-ethyl adjacent to an activating group) is 2. The summed E-state index contributed by atoms with van der Waals surface area (Å²) >= 11 is 0. The van der Waals surface area contributed by atoms with Crippen LogP contribution in [0.2, 0.25) is 0 Å². The highest BCUT2D eigenvalue weighted by Crippen LogP contribution is 2.30. The Balaban J connectivity index is 2.22. The summed E-state index contributed by atoms with van der Waals surface area (Å²) in [6, 6.07) is 4.12. The SMILES string of the molecule is CC[C@H](C)[C@@H]([C@@H](CC(=O)N1CCC[C@H]1[C@H](OC)[C@@H](C)C(=O)N[C@@H](CC(C)C)C(=O)NCc1ccc(NC(=O)OC(C)(C)C)cc1)OC)N(C)C(=O)[C@@H](NC(=O)[C@H](C(C)C)N(C)C)C(C)C.